The van der Waals surface area contributed by atoms with Gasteiger partial charge in [-0.05, 0) is 60.7 Å². The highest BCUT2D eigenvalue weighted by Gasteiger charge is 2.28. The quantitative estimate of drug-likeness (QED) is 0.875. The molecule has 1 aliphatic rings. The predicted molar refractivity (Wildman–Crippen MR) is 80.5 cm³/mol. The molecule has 0 saturated carbocycles. The van der Waals surface area contributed by atoms with Crippen LogP contribution in [0.15, 0.2) is 42.5 Å². The van der Waals surface area contributed by atoms with E-state index in [1.165, 1.54) is 12.1 Å². The van der Waals surface area contributed by atoms with Crippen LogP contribution >= 0.6 is 0 Å². The minimum absolute atomic E-state index is 0.149. The number of hydrogen-bond donors (Lipinski definition) is 1. The van der Waals surface area contributed by atoms with Crippen molar-refractivity contribution in [2.75, 3.05) is 13.1 Å². The maximum atomic E-state index is 13.9. The van der Waals surface area contributed by atoms with Crippen molar-refractivity contribution in [1.82, 2.24) is 5.32 Å². The SMILES string of the molecule is Cc1ccc(C2CCNCC2c2ccc(F)cc2)cc1F. The minimum Gasteiger partial charge on any atom is -0.316 e. The Morgan fingerprint density at radius 2 is 1.67 bits per heavy atom. The summed E-state index contributed by atoms with van der Waals surface area (Å²) in [5.74, 6) is 0.151. The van der Waals surface area contributed by atoms with Crippen molar-refractivity contribution in [3.05, 3.63) is 70.8 Å². The van der Waals surface area contributed by atoms with E-state index in [0.717, 1.165) is 30.6 Å². The average molecular weight is 287 g/mol. The smallest absolute Gasteiger partial charge is 0.126 e. The van der Waals surface area contributed by atoms with Gasteiger partial charge in [-0.15, -0.1) is 0 Å². The van der Waals surface area contributed by atoms with Crippen LogP contribution in [0.25, 0.3) is 0 Å². The van der Waals surface area contributed by atoms with Gasteiger partial charge in [0, 0.05) is 12.5 Å². The van der Waals surface area contributed by atoms with Gasteiger partial charge in [0.05, 0.1) is 0 Å². The molecular weight excluding hydrogens is 268 g/mol. The molecule has 0 bridgehead atoms. The van der Waals surface area contributed by atoms with E-state index >= 15 is 0 Å². The predicted octanol–water partition coefficient (Wildman–Crippen LogP) is 4.13. The van der Waals surface area contributed by atoms with E-state index in [1.54, 1.807) is 13.0 Å². The molecule has 1 aliphatic heterocycles. The molecule has 1 heterocycles. The van der Waals surface area contributed by atoms with Crippen LogP contribution in [-0.2, 0) is 0 Å². The molecular formula is C18H19F2N. The second-order valence-electron chi connectivity index (χ2n) is 5.77. The van der Waals surface area contributed by atoms with E-state index in [1.807, 2.05) is 24.3 Å². The zero-order valence-electron chi connectivity index (χ0n) is 12.1. The van der Waals surface area contributed by atoms with Gasteiger partial charge in [0.25, 0.3) is 0 Å². The van der Waals surface area contributed by atoms with Crippen molar-refractivity contribution in [3.8, 4) is 0 Å². The van der Waals surface area contributed by atoms with Crippen LogP contribution < -0.4 is 5.32 Å². The monoisotopic (exact) mass is 287 g/mol. The number of aryl methyl sites for hydroxylation is 1. The summed E-state index contributed by atoms with van der Waals surface area (Å²) in [7, 11) is 0. The molecule has 0 spiro atoms. The van der Waals surface area contributed by atoms with Gasteiger partial charge in [0.2, 0.25) is 0 Å². The molecule has 1 fully saturated rings. The van der Waals surface area contributed by atoms with E-state index in [0.29, 0.717) is 5.56 Å². The Morgan fingerprint density at radius 1 is 0.952 bits per heavy atom. The van der Waals surface area contributed by atoms with Gasteiger partial charge in [-0.3, -0.25) is 0 Å². The van der Waals surface area contributed by atoms with Gasteiger partial charge >= 0.3 is 0 Å². The number of nitrogens with one attached hydrogen (secondary N) is 1. The van der Waals surface area contributed by atoms with Crippen molar-refractivity contribution in [3.63, 3.8) is 0 Å². The second-order valence-corrected chi connectivity index (χ2v) is 5.77. The number of hydrogen-bond acceptors (Lipinski definition) is 1. The summed E-state index contributed by atoms with van der Waals surface area (Å²) >= 11 is 0. The molecule has 2 atom stereocenters. The Balaban J connectivity index is 1.94. The lowest BCUT2D eigenvalue weighted by Gasteiger charge is -2.33. The summed E-state index contributed by atoms with van der Waals surface area (Å²) in [5.41, 5.74) is 2.81. The first-order valence-corrected chi connectivity index (χ1v) is 7.37. The standard InChI is InChI=1S/C18H19F2N/c1-12-2-3-14(10-18(12)20)16-8-9-21-11-17(16)13-4-6-15(19)7-5-13/h2-7,10,16-17,21H,8-9,11H2,1H3. The number of piperidine rings is 1. The largest absolute Gasteiger partial charge is 0.316 e. The van der Waals surface area contributed by atoms with Gasteiger partial charge < -0.3 is 5.32 Å². The zero-order valence-corrected chi connectivity index (χ0v) is 12.1. The molecule has 2 aromatic rings. The highest BCUT2D eigenvalue weighted by Crippen LogP contribution is 2.37. The lowest BCUT2D eigenvalue weighted by molar-refractivity contribution is 0.402. The van der Waals surface area contributed by atoms with E-state index in [4.69, 9.17) is 0 Å². The van der Waals surface area contributed by atoms with Crippen molar-refractivity contribution >= 4 is 0 Å². The molecule has 21 heavy (non-hydrogen) atoms. The van der Waals surface area contributed by atoms with Gasteiger partial charge in [-0.25, -0.2) is 8.78 Å². The van der Waals surface area contributed by atoms with Gasteiger partial charge in [-0.2, -0.15) is 0 Å². The number of benzene rings is 2. The lowest BCUT2D eigenvalue weighted by atomic mass is 9.77. The minimum atomic E-state index is -0.222. The molecule has 1 N–H and O–H groups in total. The third-order valence-electron chi connectivity index (χ3n) is 4.40. The molecule has 0 amide bonds. The third-order valence-corrected chi connectivity index (χ3v) is 4.40. The Hall–Kier alpha value is -1.74. The molecule has 110 valence electrons. The summed E-state index contributed by atoms with van der Waals surface area (Å²) in [6, 6.07) is 12.2. The highest BCUT2D eigenvalue weighted by atomic mass is 19.1. The maximum absolute atomic E-state index is 13.9. The Bertz CT molecular complexity index is 622. The summed E-state index contributed by atoms with van der Waals surface area (Å²) in [6.45, 7) is 3.54. The van der Waals surface area contributed by atoms with Crippen LogP contribution in [0.2, 0.25) is 0 Å². The maximum Gasteiger partial charge on any atom is 0.126 e. The van der Waals surface area contributed by atoms with E-state index in [-0.39, 0.29) is 23.5 Å². The summed E-state index contributed by atoms with van der Waals surface area (Å²) in [6.07, 6.45) is 0.963. The Labute approximate surface area is 124 Å². The normalized spacial score (nSPS) is 22.2. The van der Waals surface area contributed by atoms with E-state index in [2.05, 4.69) is 5.32 Å². The number of rotatable bonds is 2. The summed E-state index contributed by atoms with van der Waals surface area (Å²) < 4.78 is 27.0. The topological polar surface area (TPSA) is 12.0 Å². The molecule has 1 saturated heterocycles. The van der Waals surface area contributed by atoms with Crippen molar-refractivity contribution in [2.24, 2.45) is 0 Å². The van der Waals surface area contributed by atoms with E-state index < -0.39 is 0 Å². The first-order chi connectivity index (χ1) is 10.1. The molecule has 2 unspecified atom stereocenters. The second kappa shape index (κ2) is 5.94. The Kier molecular flexibility index (Phi) is 4.02. The summed E-state index contributed by atoms with van der Waals surface area (Å²) in [4.78, 5) is 0. The molecule has 0 radical (unpaired) electrons. The van der Waals surface area contributed by atoms with Crippen LogP contribution in [0, 0.1) is 18.6 Å². The van der Waals surface area contributed by atoms with Gasteiger partial charge in [0.15, 0.2) is 0 Å². The van der Waals surface area contributed by atoms with Crippen LogP contribution in [0.1, 0.15) is 34.9 Å². The fourth-order valence-corrected chi connectivity index (χ4v) is 3.16. The van der Waals surface area contributed by atoms with Crippen LogP contribution in [0.4, 0.5) is 8.78 Å². The molecule has 3 rings (SSSR count). The lowest BCUT2D eigenvalue weighted by Crippen LogP contribution is -2.34. The highest BCUT2D eigenvalue weighted by molar-refractivity contribution is 5.32. The first-order valence-electron chi connectivity index (χ1n) is 7.37. The Morgan fingerprint density at radius 3 is 2.38 bits per heavy atom. The molecule has 0 aromatic heterocycles. The van der Waals surface area contributed by atoms with Gasteiger partial charge in [0.1, 0.15) is 11.6 Å². The fraction of sp³-hybridized carbons (Fsp3) is 0.333. The van der Waals surface area contributed by atoms with Crippen molar-refractivity contribution in [1.29, 1.82) is 0 Å². The summed E-state index contributed by atoms with van der Waals surface area (Å²) in [5, 5.41) is 3.39. The fourth-order valence-electron chi connectivity index (χ4n) is 3.16. The van der Waals surface area contributed by atoms with Crippen LogP contribution in [0.5, 0.6) is 0 Å². The molecule has 2 aromatic carbocycles. The number of halogens is 2. The zero-order chi connectivity index (χ0) is 14.8. The molecule has 1 nitrogen and oxygen atoms in total. The van der Waals surface area contributed by atoms with E-state index in [9.17, 15) is 8.78 Å². The van der Waals surface area contributed by atoms with Crippen LogP contribution in [0.3, 0.4) is 0 Å². The van der Waals surface area contributed by atoms with Crippen molar-refractivity contribution < 1.29 is 8.78 Å². The first kappa shape index (κ1) is 14.2. The van der Waals surface area contributed by atoms with Gasteiger partial charge in [-0.1, -0.05) is 24.3 Å². The van der Waals surface area contributed by atoms with Crippen LogP contribution in [-0.4, -0.2) is 13.1 Å². The third kappa shape index (κ3) is 2.98. The van der Waals surface area contributed by atoms with Crippen molar-refractivity contribution in [2.45, 2.75) is 25.2 Å². The molecule has 0 aliphatic carbocycles. The average Bonchev–Trinajstić information content (AvgIpc) is 2.51. The molecule has 3 heteroatoms.